The van der Waals surface area contributed by atoms with Gasteiger partial charge < -0.3 is 4.42 Å². The summed E-state index contributed by atoms with van der Waals surface area (Å²) in [5, 5.41) is 0.0283. The Bertz CT molecular complexity index is 346. The summed E-state index contributed by atoms with van der Waals surface area (Å²) in [4.78, 5) is 0. The van der Waals surface area contributed by atoms with Gasteiger partial charge in [-0.2, -0.15) is 0 Å². The lowest BCUT2D eigenvalue weighted by Crippen LogP contribution is -2.02. The standard InChI is InChI=1S/C8H10O3S/c1-2-3-7-12(9,10)8-5-4-6-11-8/h2-6H,7H2,1H3. The fourth-order valence-corrected chi connectivity index (χ4v) is 1.84. The predicted octanol–water partition coefficient (Wildman–Crippen LogP) is 1.63. The first-order valence-corrected chi connectivity index (χ1v) is 5.19. The van der Waals surface area contributed by atoms with Crippen LogP contribution in [0.2, 0.25) is 0 Å². The molecular weight excluding hydrogens is 176 g/mol. The normalized spacial score (nSPS) is 12.4. The van der Waals surface area contributed by atoms with E-state index in [1.54, 1.807) is 25.1 Å². The molecule has 0 aliphatic carbocycles. The van der Waals surface area contributed by atoms with Crippen LogP contribution in [0.4, 0.5) is 0 Å². The van der Waals surface area contributed by atoms with Crippen molar-refractivity contribution in [3.05, 3.63) is 30.5 Å². The molecule has 0 N–H and O–H groups in total. The van der Waals surface area contributed by atoms with Crippen LogP contribution >= 0.6 is 0 Å². The highest BCUT2D eigenvalue weighted by molar-refractivity contribution is 7.91. The lowest BCUT2D eigenvalue weighted by atomic mass is 10.6. The van der Waals surface area contributed by atoms with Gasteiger partial charge in [0.05, 0.1) is 12.0 Å². The van der Waals surface area contributed by atoms with Gasteiger partial charge in [0, 0.05) is 0 Å². The number of allylic oxidation sites excluding steroid dienone is 1. The van der Waals surface area contributed by atoms with Crippen LogP contribution in [-0.4, -0.2) is 14.2 Å². The van der Waals surface area contributed by atoms with Crippen LogP contribution in [0.3, 0.4) is 0 Å². The second kappa shape index (κ2) is 3.58. The molecule has 0 aliphatic heterocycles. The molecule has 4 heteroatoms. The fraction of sp³-hybridized carbons (Fsp3) is 0.250. The number of rotatable bonds is 3. The highest BCUT2D eigenvalue weighted by Crippen LogP contribution is 2.10. The van der Waals surface area contributed by atoms with E-state index in [2.05, 4.69) is 0 Å². The Kier molecular flexibility index (Phi) is 2.70. The molecule has 0 radical (unpaired) electrons. The van der Waals surface area contributed by atoms with E-state index in [0.717, 1.165) is 0 Å². The van der Waals surface area contributed by atoms with Crippen molar-refractivity contribution in [3.8, 4) is 0 Å². The van der Waals surface area contributed by atoms with Gasteiger partial charge in [-0.1, -0.05) is 12.2 Å². The Morgan fingerprint density at radius 1 is 1.58 bits per heavy atom. The van der Waals surface area contributed by atoms with Gasteiger partial charge in [0.1, 0.15) is 0 Å². The molecule has 1 rings (SSSR count). The van der Waals surface area contributed by atoms with E-state index in [-0.39, 0.29) is 10.8 Å². The molecule has 3 nitrogen and oxygen atoms in total. The minimum absolute atomic E-state index is 0.00296. The molecule has 66 valence electrons. The molecule has 0 atom stereocenters. The number of sulfone groups is 1. The Morgan fingerprint density at radius 3 is 2.83 bits per heavy atom. The summed E-state index contributed by atoms with van der Waals surface area (Å²) in [5.41, 5.74) is 0. The first-order chi connectivity index (χ1) is 5.67. The topological polar surface area (TPSA) is 47.3 Å². The maximum absolute atomic E-state index is 11.3. The summed E-state index contributed by atoms with van der Waals surface area (Å²) in [5.74, 6) is -0.00296. The summed E-state index contributed by atoms with van der Waals surface area (Å²) in [7, 11) is -3.23. The molecule has 1 aromatic rings. The number of hydrogen-bond donors (Lipinski definition) is 0. The average Bonchev–Trinajstić information content (AvgIpc) is 2.53. The van der Waals surface area contributed by atoms with E-state index in [1.165, 1.54) is 12.3 Å². The van der Waals surface area contributed by atoms with Crippen LogP contribution in [0.25, 0.3) is 0 Å². The smallest absolute Gasteiger partial charge is 0.218 e. The van der Waals surface area contributed by atoms with Gasteiger partial charge in [0.2, 0.25) is 14.9 Å². The van der Waals surface area contributed by atoms with Crippen LogP contribution in [0.5, 0.6) is 0 Å². The first kappa shape index (κ1) is 9.06. The minimum atomic E-state index is -3.23. The van der Waals surface area contributed by atoms with Gasteiger partial charge in [-0.15, -0.1) is 0 Å². The Balaban J connectivity index is 2.88. The highest BCUT2D eigenvalue weighted by Gasteiger charge is 2.14. The highest BCUT2D eigenvalue weighted by atomic mass is 32.2. The van der Waals surface area contributed by atoms with E-state index in [4.69, 9.17) is 4.42 Å². The van der Waals surface area contributed by atoms with Gasteiger partial charge in [0.25, 0.3) is 0 Å². The predicted molar refractivity (Wildman–Crippen MR) is 45.6 cm³/mol. The molecular formula is C8H10O3S. The number of hydrogen-bond acceptors (Lipinski definition) is 3. The summed E-state index contributed by atoms with van der Waals surface area (Å²) < 4.78 is 27.4. The maximum atomic E-state index is 11.3. The Hall–Kier alpha value is -1.03. The monoisotopic (exact) mass is 186 g/mol. The fourth-order valence-electron chi connectivity index (χ4n) is 0.745. The molecule has 1 aromatic heterocycles. The zero-order valence-electron chi connectivity index (χ0n) is 6.73. The summed E-state index contributed by atoms with van der Waals surface area (Å²) in [6.07, 6.45) is 4.63. The van der Waals surface area contributed by atoms with Crippen LogP contribution in [0, 0.1) is 0 Å². The van der Waals surface area contributed by atoms with Crippen molar-refractivity contribution in [1.82, 2.24) is 0 Å². The van der Waals surface area contributed by atoms with Crippen molar-refractivity contribution in [2.45, 2.75) is 12.0 Å². The van der Waals surface area contributed by atoms with Crippen LogP contribution < -0.4 is 0 Å². The zero-order valence-corrected chi connectivity index (χ0v) is 7.54. The molecule has 12 heavy (non-hydrogen) atoms. The molecule has 0 saturated heterocycles. The molecule has 0 saturated carbocycles. The molecule has 0 unspecified atom stereocenters. The van der Waals surface area contributed by atoms with Crippen LogP contribution in [0.1, 0.15) is 6.92 Å². The van der Waals surface area contributed by atoms with Crippen LogP contribution in [-0.2, 0) is 9.84 Å². The van der Waals surface area contributed by atoms with E-state index >= 15 is 0 Å². The molecule has 0 aliphatic rings. The summed E-state index contributed by atoms with van der Waals surface area (Å²) >= 11 is 0. The second-order valence-electron chi connectivity index (χ2n) is 2.28. The third kappa shape index (κ3) is 1.98. The molecule has 0 amide bonds. The molecule has 0 bridgehead atoms. The first-order valence-electron chi connectivity index (χ1n) is 3.54. The van der Waals surface area contributed by atoms with Gasteiger partial charge in [-0.05, 0) is 19.1 Å². The third-order valence-electron chi connectivity index (χ3n) is 1.35. The maximum Gasteiger partial charge on any atom is 0.218 e. The molecule has 0 spiro atoms. The van der Waals surface area contributed by atoms with E-state index < -0.39 is 9.84 Å². The van der Waals surface area contributed by atoms with Gasteiger partial charge in [-0.25, -0.2) is 8.42 Å². The lowest BCUT2D eigenvalue weighted by molar-refractivity contribution is 0.451. The van der Waals surface area contributed by atoms with Gasteiger partial charge in [-0.3, -0.25) is 0 Å². The summed E-state index contributed by atoms with van der Waals surface area (Å²) in [6.45, 7) is 1.78. The van der Waals surface area contributed by atoms with E-state index in [9.17, 15) is 8.42 Å². The largest absolute Gasteiger partial charge is 0.453 e. The lowest BCUT2D eigenvalue weighted by Gasteiger charge is -1.93. The van der Waals surface area contributed by atoms with Crippen molar-refractivity contribution in [3.63, 3.8) is 0 Å². The third-order valence-corrected chi connectivity index (χ3v) is 2.83. The van der Waals surface area contributed by atoms with E-state index in [1.807, 2.05) is 0 Å². The average molecular weight is 186 g/mol. The zero-order chi connectivity index (χ0) is 9.03. The van der Waals surface area contributed by atoms with Crippen molar-refractivity contribution in [2.75, 3.05) is 5.75 Å². The van der Waals surface area contributed by atoms with E-state index in [0.29, 0.717) is 0 Å². The van der Waals surface area contributed by atoms with Crippen molar-refractivity contribution >= 4 is 9.84 Å². The molecule has 0 fully saturated rings. The van der Waals surface area contributed by atoms with Crippen molar-refractivity contribution in [1.29, 1.82) is 0 Å². The summed E-state index contributed by atoms with van der Waals surface area (Å²) in [6, 6.07) is 3.00. The Morgan fingerprint density at radius 2 is 2.33 bits per heavy atom. The minimum Gasteiger partial charge on any atom is -0.453 e. The SMILES string of the molecule is CC=CCS(=O)(=O)c1ccco1. The number of furan rings is 1. The van der Waals surface area contributed by atoms with Gasteiger partial charge >= 0.3 is 0 Å². The van der Waals surface area contributed by atoms with Crippen molar-refractivity contribution in [2.24, 2.45) is 0 Å². The second-order valence-corrected chi connectivity index (χ2v) is 4.25. The van der Waals surface area contributed by atoms with Crippen LogP contribution in [0.15, 0.2) is 40.1 Å². The van der Waals surface area contributed by atoms with Crippen molar-refractivity contribution < 1.29 is 12.8 Å². The van der Waals surface area contributed by atoms with Gasteiger partial charge in [0.15, 0.2) is 0 Å². The molecule has 0 aromatic carbocycles. The Labute approximate surface area is 71.6 Å². The quantitative estimate of drug-likeness (QED) is 0.674. The molecule has 1 heterocycles.